The predicted molar refractivity (Wildman–Crippen MR) is 31.6 cm³/mol. The monoisotopic (exact) mass is 119 g/mol. The largest absolute Gasteiger partial charge is 0.385 e. The minimum Gasteiger partial charge on any atom is -0.385 e. The van der Waals surface area contributed by atoms with Crippen molar-refractivity contribution < 1.29 is 9.84 Å². The highest BCUT2D eigenvalue weighted by Gasteiger charge is 1.95. The van der Waals surface area contributed by atoms with Gasteiger partial charge in [0.05, 0.1) is 0 Å². The molecule has 8 heavy (non-hydrogen) atoms. The molecular formula is C5H13NO2. The third-order valence-electron chi connectivity index (χ3n) is 0.929. The topological polar surface area (TPSA) is 41.5 Å². The van der Waals surface area contributed by atoms with Crippen molar-refractivity contribution in [2.75, 3.05) is 20.8 Å². The van der Waals surface area contributed by atoms with E-state index >= 15 is 0 Å². The lowest BCUT2D eigenvalue weighted by atomic mass is 10.4. The van der Waals surface area contributed by atoms with Gasteiger partial charge in [-0.25, -0.2) is 0 Å². The summed E-state index contributed by atoms with van der Waals surface area (Å²) in [7, 11) is 3.32. The Morgan fingerprint density at radius 2 is 2.38 bits per heavy atom. The summed E-state index contributed by atoms with van der Waals surface area (Å²) in [4.78, 5) is 0. The molecular weight excluding hydrogens is 106 g/mol. The van der Waals surface area contributed by atoms with Crippen LogP contribution in [0.4, 0.5) is 0 Å². The molecule has 3 nitrogen and oxygen atoms in total. The lowest BCUT2D eigenvalue weighted by molar-refractivity contribution is 0.0923. The second-order valence-corrected chi connectivity index (χ2v) is 1.59. The van der Waals surface area contributed by atoms with Crippen LogP contribution in [0.25, 0.3) is 0 Å². The number of methoxy groups -OCH3 is 1. The van der Waals surface area contributed by atoms with E-state index in [0.29, 0.717) is 13.0 Å². The van der Waals surface area contributed by atoms with Crippen molar-refractivity contribution in [2.45, 2.75) is 12.6 Å². The van der Waals surface area contributed by atoms with Crippen LogP contribution in [-0.2, 0) is 4.74 Å². The average Bonchev–Trinajstić information content (AvgIpc) is 1.83. The number of hydrogen-bond donors (Lipinski definition) is 2. The molecule has 2 N–H and O–H groups in total. The first kappa shape index (κ1) is 7.88. The van der Waals surface area contributed by atoms with E-state index in [1.165, 1.54) is 0 Å². The normalized spacial score (nSPS) is 13.9. The summed E-state index contributed by atoms with van der Waals surface area (Å²) in [5.41, 5.74) is 0. The van der Waals surface area contributed by atoms with E-state index in [4.69, 9.17) is 9.84 Å². The molecule has 0 amide bonds. The number of rotatable bonds is 4. The minimum absolute atomic E-state index is 0.421. The molecule has 0 aliphatic heterocycles. The van der Waals surface area contributed by atoms with Crippen molar-refractivity contribution in [1.29, 1.82) is 0 Å². The molecule has 0 aliphatic rings. The summed E-state index contributed by atoms with van der Waals surface area (Å²) in [5, 5.41) is 11.5. The number of nitrogens with one attached hydrogen (secondary N) is 1. The fraction of sp³-hybridized carbons (Fsp3) is 1.00. The zero-order valence-electron chi connectivity index (χ0n) is 5.35. The zero-order valence-corrected chi connectivity index (χ0v) is 5.35. The summed E-state index contributed by atoms with van der Waals surface area (Å²) in [6.45, 7) is 0.599. The third kappa shape index (κ3) is 4.05. The smallest absolute Gasteiger partial charge is 0.106 e. The number of ether oxygens (including phenoxy) is 1. The minimum atomic E-state index is -0.421. The average molecular weight is 119 g/mol. The van der Waals surface area contributed by atoms with Gasteiger partial charge in [0.2, 0.25) is 0 Å². The molecule has 0 aromatic carbocycles. The van der Waals surface area contributed by atoms with Gasteiger partial charge in [0.25, 0.3) is 0 Å². The lowest BCUT2D eigenvalue weighted by Crippen LogP contribution is -2.25. The molecule has 0 saturated heterocycles. The van der Waals surface area contributed by atoms with Gasteiger partial charge in [0, 0.05) is 20.1 Å². The molecule has 0 rings (SSSR count). The van der Waals surface area contributed by atoms with E-state index in [1.807, 2.05) is 0 Å². The van der Waals surface area contributed by atoms with Gasteiger partial charge in [-0.3, -0.25) is 5.32 Å². The Morgan fingerprint density at radius 3 is 2.75 bits per heavy atom. The molecule has 0 aromatic heterocycles. The molecule has 50 valence electrons. The highest BCUT2D eigenvalue weighted by atomic mass is 16.5. The molecule has 1 atom stereocenters. The van der Waals surface area contributed by atoms with Gasteiger partial charge in [-0.15, -0.1) is 0 Å². The molecule has 0 aromatic rings. The number of hydrogen-bond acceptors (Lipinski definition) is 3. The molecule has 1 unspecified atom stereocenters. The maximum absolute atomic E-state index is 8.80. The Balaban J connectivity index is 2.86. The summed E-state index contributed by atoms with van der Waals surface area (Å²) in [6, 6.07) is 0. The summed E-state index contributed by atoms with van der Waals surface area (Å²) < 4.78 is 4.71. The van der Waals surface area contributed by atoms with Crippen LogP contribution >= 0.6 is 0 Å². The van der Waals surface area contributed by atoms with Gasteiger partial charge < -0.3 is 9.84 Å². The molecule has 0 fully saturated rings. The van der Waals surface area contributed by atoms with Crippen molar-refractivity contribution in [3.05, 3.63) is 0 Å². The standard InChI is InChI=1S/C5H13NO2/c1-6-5(7)3-4-8-2/h5-7H,3-4H2,1-2H3. The van der Waals surface area contributed by atoms with Crippen LogP contribution < -0.4 is 5.32 Å². The summed E-state index contributed by atoms with van der Waals surface area (Å²) in [6.07, 6.45) is 0.224. The fourth-order valence-electron chi connectivity index (χ4n) is 0.374. The number of aliphatic hydroxyl groups excluding tert-OH is 1. The van der Waals surface area contributed by atoms with Gasteiger partial charge in [0.1, 0.15) is 6.23 Å². The fourth-order valence-corrected chi connectivity index (χ4v) is 0.374. The second kappa shape index (κ2) is 5.03. The number of aliphatic hydroxyl groups is 1. The van der Waals surface area contributed by atoms with Crippen molar-refractivity contribution in [3.63, 3.8) is 0 Å². The molecule has 0 bridgehead atoms. The summed E-state index contributed by atoms with van der Waals surface area (Å²) in [5.74, 6) is 0. The van der Waals surface area contributed by atoms with E-state index < -0.39 is 6.23 Å². The van der Waals surface area contributed by atoms with Gasteiger partial charge in [-0.2, -0.15) is 0 Å². The van der Waals surface area contributed by atoms with E-state index in [1.54, 1.807) is 14.2 Å². The van der Waals surface area contributed by atoms with E-state index in [-0.39, 0.29) is 0 Å². The van der Waals surface area contributed by atoms with Gasteiger partial charge in [-0.05, 0) is 7.05 Å². The van der Waals surface area contributed by atoms with Crippen molar-refractivity contribution >= 4 is 0 Å². The molecule has 0 saturated carbocycles. The Kier molecular flexibility index (Phi) is 4.95. The van der Waals surface area contributed by atoms with Crippen LogP contribution in [0.1, 0.15) is 6.42 Å². The molecule has 0 heterocycles. The third-order valence-corrected chi connectivity index (χ3v) is 0.929. The van der Waals surface area contributed by atoms with Crippen molar-refractivity contribution in [3.8, 4) is 0 Å². The van der Waals surface area contributed by atoms with Gasteiger partial charge in [0.15, 0.2) is 0 Å². The zero-order chi connectivity index (χ0) is 6.41. The van der Waals surface area contributed by atoms with Crippen LogP contribution in [0.5, 0.6) is 0 Å². The molecule has 3 heteroatoms. The first-order valence-electron chi connectivity index (χ1n) is 2.65. The quantitative estimate of drug-likeness (QED) is 0.493. The SMILES string of the molecule is CNC(O)CCOC. The molecule has 0 aliphatic carbocycles. The van der Waals surface area contributed by atoms with E-state index in [2.05, 4.69) is 5.32 Å². The molecule has 0 radical (unpaired) electrons. The first-order chi connectivity index (χ1) is 3.81. The van der Waals surface area contributed by atoms with Crippen molar-refractivity contribution in [2.24, 2.45) is 0 Å². The Bertz CT molecular complexity index is 49.7. The Hall–Kier alpha value is -0.120. The predicted octanol–water partition coefficient (Wildman–Crippen LogP) is -0.439. The van der Waals surface area contributed by atoms with Gasteiger partial charge in [-0.1, -0.05) is 0 Å². The van der Waals surface area contributed by atoms with Crippen LogP contribution in [-0.4, -0.2) is 32.1 Å². The maximum Gasteiger partial charge on any atom is 0.106 e. The maximum atomic E-state index is 8.80. The Morgan fingerprint density at radius 1 is 1.75 bits per heavy atom. The first-order valence-corrected chi connectivity index (χ1v) is 2.65. The van der Waals surface area contributed by atoms with Crippen LogP contribution in [0, 0.1) is 0 Å². The lowest BCUT2D eigenvalue weighted by Gasteiger charge is -2.06. The second-order valence-electron chi connectivity index (χ2n) is 1.59. The van der Waals surface area contributed by atoms with Crippen LogP contribution in [0.15, 0.2) is 0 Å². The Labute approximate surface area is 49.7 Å². The molecule has 0 spiro atoms. The summed E-state index contributed by atoms with van der Waals surface area (Å²) >= 11 is 0. The highest BCUT2D eigenvalue weighted by Crippen LogP contribution is 1.83. The van der Waals surface area contributed by atoms with Gasteiger partial charge >= 0.3 is 0 Å². The van der Waals surface area contributed by atoms with Crippen LogP contribution in [0.2, 0.25) is 0 Å². The van der Waals surface area contributed by atoms with Crippen LogP contribution in [0.3, 0.4) is 0 Å². The van der Waals surface area contributed by atoms with E-state index in [0.717, 1.165) is 0 Å². The van der Waals surface area contributed by atoms with Crippen molar-refractivity contribution in [1.82, 2.24) is 5.32 Å². The van der Waals surface area contributed by atoms with E-state index in [9.17, 15) is 0 Å². The highest BCUT2D eigenvalue weighted by molar-refractivity contribution is 4.45.